The minimum Gasteiger partial charge on any atom is -0.497 e. The van der Waals surface area contributed by atoms with Gasteiger partial charge in [-0.1, -0.05) is 12.2 Å². The predicted molar refractivity (Wildman–Crippen MR) is 106 cm³/mol. The predicted octanol–water partition coefficient (Wildman–Crippen LogP) is 2.22. The number of benzene rings is 1. The van der Waals surface area contributed by atoms with Gasteiger partial charge in [0.15, 0.2) is 0 Å². The fraction of sp³-hybridized carbons (Fsp3) is 0.364. The zero-order chi connectivity index (χ0) is 20.9. The van der Waals surface area contributed by atoms with Gasteiger partial charge in [0.25, 0.3) is 0 Å². The van der Waals surface area contributed by atoms with E-state index in [1.807, 2.05) is 18.2 Å². The van der Waals surface area contributed by atoms with Gasteiger partial charge in [-0.25, -0.2) is 0 Å². The molecule has 2 amide bonds. The Morgan fingerprint density at radius 3 is 2.90 bits per heavy atom. The number of amides is 2. The van der Waals surface area contributed by atoms with E-state index in [9.17, 15) is 9.59 Å². The zero-order valence-electron chi connectivity index (χ0n) is 16.7. The molecule has 1 aromatic carbocycles. The van der Waals surface area contributed by atoms with Crippen molar-refractivity contribution in [1.29, 1.82) is 0 Å². The maximum absolute atomic E-state index is 13.2. The first kappa shape index (κ1) is 18.7. The maximum atomic E-state index is 13.2. The fourth-order valence-electron chi connectivity index (χ4n) is 4.72. The second-order valence-electron chi connectivity index (χ2n) is 7.73. The van der Waals surface area contributed by atoms with Crippen LogP contribution in [0.25, 0.3) is 0 Å². The van der Waals surface area contributed by atoms with Gasteiger partial charge in [-0.05, 0) is 24.3 Å². The highest BCUT2D eigenvalue weighted by Gasteiger charge is 2.66. The molecule has 0 radical (unpaired) electrons. The summed E-state index contributed by atoms with van der Waals surface area (Å²) in [4.78, 5) is 28.2. The summed E-state index contributed by atoms with van der Waals surface area (Å²) in [6.45, 7) is 0.756. The van der Waals surface area contributed by atoms with E-state index in [1.165, 1.54) is 7.11 Å². The lowest BCUT2D eigenvalue weighted by Gasteiger charge is -2.24. The molecule has 2 fully saturated rings. The summed E-state index contributed by atoms with van der Waals surface area (Å²) in [5.41, 5.74) is -0.248. The molecule has 1 aromatic heterocycles. The maximum Gasteiger partial charge on any atom is 0.231 e. The van der Waals surface area contributed by atoms with Gasteiger partial charge in [-0.2, -0.15) is 0 Å². The van der Waals surface area contributed by atoms with Gasteiger partial charge in [-0.15, -0.1) is 0 Å². The van der Waals surface area contributed by atoms with E-state index in [4.69, 9.17) is 18.6 Å². The van der Waals surface area contributed by atoms with Crippen molar-refractivity contribution >= 4 is 17.5 Å². The minimum atomic E-state index is -0.764. The van der Waals surface area contributed by atoms with E-state index < -0.39 is 23.5 Å². The average molecular weight is 410 g/mol. The molecule has 0 aliphatic carbocycles. The number of nitrogens with one attached hydrogen (secondary N) is 1. The Balaban J connectivity index is 1.38. The molecule has 5 rings (SSSR count). The monoisotopic (exact) mass is 410 g/mol. The van der Waals surface area contributed by atoms with E-state index in [-0.39, 0.29) is 11.8 Å². The van der Waals surface area contributed by atoms with Crippen LogP contribution in [-0.4, -0.2) is 49.2 Å². The van der Waals surface area contributed by atoms with Crippen molar-refractivity contribution in [2.24, 2.45) is 11.8 Å². The SMILES string of the molecule is COc1ccc(NC(=O)[C@H]2[C@H]3C=C[C@]4(CN(Cc5ccco5)C(=O)[C@@H]24)O3)c(OC)c1. The average Bonchev–Trinajstić information content (AvgIpc) is 3.52. The van der Waals surface area contributed by atoms with Crippen LogP contribution >= 0.6 is 0 Å². The molecule has 2 saturated heterocycles. The summed E-state index contributed by atoms with van der Waals surface area (Å²) in [7, 11) is 3.08. The Kier molecular flexibility index (Phi) is 4.32. The number of rotatable bonds is 6. The molecule has 1 N–H and O–H groups in total. The molecular weight excluding hydrogens is 388 g/mol. The Labute approximate surface area is 173 Å². The van der Waals surface area contributed by atoms with Crippen LogP contribution in [-0.2, 0) is 20.9 Å². The third-order valence-corrected chi connectivity index (χ3v) is 6.07. The first-order valence-corrected chi connectivity index (χ1v) is 9.76. The van der Waals surface area contributed by atoms with Crippen molar-refractivity contribution in [3.8, 4) is 11.5 Å². The van der Waals surface area contributed by atoms with Crippen LogP contribution in [0.2, 0.25) is 0 Å². The summed E-state index contributed by atoms with van der Waals surface area (Å²) < 4.78 is 22.1. The highest BCUT2D eigenvalue weighted by molar-refractivity contribution is 6.00. The standard InChI is InChI=1S/C22H22N2O6/c1-27-13-5-6-15(17(10-13)28-2)23-20(25)18-16-7-8-22(30-16)12-24(21(26)19(18)22)11-14-4-3-9-29-14/h3-10,16,18-19H,11-12H2,1-2H3,(H,23,25)/t16-,18+,19-,22-/m1/s1. The molecule has 3 aliphatic rings. The van der Waals surface area contributed by atoms with Crippen LogP contribution < -0.4 is 14.8 Å². The highest BCUT2D eigenvalue weighted by Crippen LogP contribution is 2.52. The fourth-order valence-corrected chi connectivity index (χ4v) is 4.72. The lowest BCUT2D eigenvalue weighted by molar-refractivity contribution is -0.136. The number of anilines is 1. The van der Waals surface area contributed by atoms with Gasteiger partial charge in [0.2, 0.25) is 11.8 Å². The summed E-state index contributed by atoms with van der Waals surface area (Å²) >= 11 is 0. The van der Waals surface area contributed by atoms with Crippen molar-refractivity contribution in [3.63, 3.8) is 0 Å². The number of hydrogen-bond acceptors (Lipinski definition) is 6. The lowest BCUT2D eigenvalue weighted by atomic mass is 9.76. The number of methoxy groups -OCH3 is 2. The van der Waals surface area contributed by atoms with E-state index in [0.717, 1.165) is 0 Å². The first-order valence-electron chi connectivity index (χ1n) is 9.76. The van der Waals surface area contributed by atoms with Crippen LogP contribution in [0.1, 0.15) is 5.76 Å². The lowest BCUT2D eigenvalue weighted by Crippen LogP contribution is -2.41. The Morgan fingerprint density at radius 2 is 2.17 bits per heavy atom. The number of hydrogen-bond donors (Lipinski definition) is 1. The number of carbonyl (C=O) groups excluding carboxylic acids is 2. The molecule has 0 unspecified atom stereocenters. The van der Waals surface area contributed by atoms with Crippen LogP contribution in [0, 0.1) is 11.8 Å². The summed E-state index contributed by atoms with van der Waals surface area (Å²) in [6, 6.07) is 8.76. The summed E-state index contributed by atoms with van der Waals surface area (Å²) in [6.07, 6.45) is 4.97. The minimum absolute atomic E-state index is 0.0971. The van der Waals surface area contributed by atoms with E-state index in [1.54, 1.807) is 42.5 Å². The van der Waals surface area contributed by atoms with Gasteiger partial charge in [0.05, 0.1) is 57.2 Å². The Hall–Kier alpha value is -3.26. The summed E-state index contributed by atoms with van der Waals surface area (Å²) in [5.74, 6) is 0.251. The van der Waals surface area contributed by atoms with Crippen molar-refractivity contribution in [2.75, 3.05) is 26.1 Å². The van der Waals surface area contributed by atoms with Crippen molar-refractivity contribution in [1.82, 2.24) is 4.90 Å². The van der Waals surface area contributed by atoms with Gasteiger partial charge in [0.1, 0.15) is 22.9 Å². The number of likely N-dealkylation sites (tertiary alicyclic amines) is 1. The third-order valence-electron chi connectivity index (χ3n) is 6.07. The molecule has 4 heterocycles. The van der Waals surface area contributed by atoms with Crippen molar-refractivity contribution in [3.05, 3.63) is 54.5 Å². The molecule has 1 spiro atoms. The topological polar surface area (TPSA) is 90.2 Å². The molecule has 2 aromatic rings. The Bertz CT molecular complexity index is 1020. The molecule has 156 valence electrons. The third kappa shape index (κ3) is 2.79. The first-order chi connectivity index (χ1) is 14.5. The second-order valence-corrected chi connectivity index (χ2v) is 7.73. The Morgan fingerprint density at radius 1 is 1.30 bits per heavy atom. The molecule has 8 heteroatoms. The second kappa shape index (κ2) is 6.91. The normalized spacial score (nSPS) is 28.7. The van der Waals surface area contributed by atoms with Crippen LogP contribution in [0.15, 0.2) is 53.2 Å². The number of nitrogens with zero attached hydrogens (tertiary/aromatic N) is 1. The number of furan rings is 1. The van der Waals surface area contributed by atoms with Crippen molar-refractivity contribution < 1.29 is 28.2 Å². The molecule has 8 nitrogen and oxygen atoms in total. The van der Waals surface area contributed by atoms with Crippen LogP contribution in [0.4, 0.5) is 5.69 Å². The molecule has 4 atom stereocenters. The highest BCUT2D eigenvalue weighted by atomic mass is 16.5. The molecule has 30 heavy (non-hydrogen) atoms. The van der Waals surface area contributed by atoms with Gasteiger partial charge in [-0.3, -0.25) is 9.59 Å². The van der Waals surface area contributed by atoms with E-state index in [2.05, 4.69) is 5.32 Å². The van der Waals surface area contributed by atoms with Crippen molar-refractivity contribution in [2.45, 2.75) is 18.2 Å². The van der Waals surface area contributed by atoms with Gasteiger partial charge in [0, 0.05) is 6.07 Å². The quantitative estimate of drug-likeness (QED) is 0.735. The number of carbonyl (C=O) groups is 2. The van der Waals surface area contributed by atoms with Crippen LogP contribution in [0.5, 0.6) is 11.5 Å². The smallest absolute Gasteiger partial charge is 0.231 e. The molecule has 2 bridgehead atoms. The molecule has 0 saturated carbocycles. The number of fused-ring (bicyclic) bond motifs is 1. The van der Waals surface area contributed by atoms with E-state index >= 15 is 0 Å². The summed E-state index contributed by atoms with van der Waals surface area (Å²) in [5, 5.41) is 2.91. The number of ether oxygens (including phenoxy) is 3. The van der Waals surface area contributed by atoms with Gasteiger partial charge >= 0.3 is 0 Å². The largest absolute Gasteiger partial charge is 0.497 e. The zero-order valence-corrected chi connectivity index (χ0v) is 16.7. The molecular formula is C22H22N2O6. The van der Waals surface area contributed by atoms with Gasteiger partial charge < -0.3 is 28.8 Å². The van der Waals surface area contributed by atoms with Crippen LogP contribution in [0.3, 0.4) is 0 Å². The molecule has 3 aliphatic heterocycles. The van der Waals surface area contributed by atoms with E-state index in [0.29, 0.717) is 36.0 Å².